The molecule has 7 heteroatoms. The summed E-state index contributed by atoms with van der Waals surface area (Å²) in [6.07, 6.45) is 1.80. The van der Waals surface area contributed by atoms with Crippen LogP contribution >= 0.6 is 0 Å². The molecule has 0 aromatic heterocycles. The lowest BCUT2D eigenvalue weighted by Crippen LogP contribution is -2.39. The standard InChI is InChI=1S/C14H18N2O5/c1-21-10-4-5-11(13(18)19)12(8-10)15-14(20)16(6-7-17)9-2-3-9/h4-5,8-9,17H,2-3,6-7H2,1H3,(H,15,20)(H,18,19). The van der Waals surface area contributed by atoms with Crippen LogP contribution in [0.2, 0.25) is 0 Å². The zero-order valence-corrected chi connectivity index (χ0v) is 11.7. The molecule has 1 aliphatic rings. The number of hydrogen-bond acceptors (Lipinski definition) is 4. The second kappa shape index (κ2) is 6.45. The molecule has 0 atom stereocenters. The van der Waals surface area contributed by atoms with Crippen molar-refractivity contribution in [3.63, 3.8) is 0 Å². The molecule has 7 nitrogen and oxygen atoms in total. The van der Waals surface area contributed by atoms with Crippen molar-refractivity contribution in [1.29, 1.82) is 0 Å². The first-order valence-electron chi connectivity index (χ1n) is 6.66. The van der Waals surface area contributed by atoms with E-state index in [0.717, 1.165) is 12.8 Å². The van der Waals surface area contributed by atoms with Crippen LogP contribution in [0.15, 0.2) is 18.2 Å². The number of carboxylic acids is 1. The molecule has 0 spiro atoms. The van der Waals surface area contributed by atoms with E-state index in [1.165, 1.54) is 30.2 Å². The van der Waals surface area contributed by atoms with Gasteiger partial charge in [-0.15, -0.1) is 0 Å². The third-order valence-electron chi connectivity index (χ3n) is 3.29. The average Bonchev–Trinajstić information content (AvgIpc) is 3.28. The van der Waals surface area contributed by atoms with Gasteiger partial charge in [0.15, 0.2) is 0 Å². The molecule has 1 saturated carbocycles. The summed E-state index contributed by atoms with van der Waals surface area (Å²) in [5, 5.41) is 20.8. The molecule has 114 valence electrons. The zero-order chi connectivity index (χ0) is 15.4. The summed E-state index contributed by atoms with van der Waals surface area (Å²) < 4.78 is 5.04. The Morgan fingerprint density at radius 3 is 2.67 bits per heavy atom. The number of aromatic carboxylic acids is 1. The Labute approximate surface area is 122 Å². The summed E-state index contributed by atoms with van der Waals surface area (Å²) in [7, 11) is 1.46. The fraction of sp³-hybridized carbons (Fsp3) is 0.429. The van der Waals surface area contributed by atoms with Crippen LogP contribution in [0, 0.1) is 0 Å². The number of nitrogens with zero attached hydrogens (tertiary/aromatic N) is 1. The first-order valence-corrected chi connectivity index (χ1v) is 6.66. The Kier molecular flexibility index (Phi) is 4.64. The van der Waals surface area contributed by atoms with Gasteiger partial charge in [0.25, 0.3) is 0 Å². The van der Waals surface area contributed by atoms with E-state index in [-0.39, 0.29) is 30.4 Å². The SMILES string of the molecule is COc1ccc(C(=O)O)c(NC(=O)N(CCO)C2CC2)c1. The normalized spacial score (nSPS) is 13.6. The van der Waals surface area contributed by atoms with Gasteiger partial charge in [-0.3, -0.25) is 0 Å². The number of carbonyl (C=O) groups is 2. The first-order chi connectivity index (χ1) is 10.1. The number of nitrogens with one attached hydrogen (secondary N) is 1. The highest BCUT2D eigenvalue weighted by Crippen LogP contribution is 2.28. The van der Waals surface area contributed by atoms with Gasteiger partial charge in [-0.05, 0) is 25.0 Å². The quantitative estimate of drug-likeness (QED) is 0.736. The Morgan fingerprint density at radius 1 is 1.43 bits per heavy atom. The number of methoxy groups -OCH3 is 1. The highest BCUT2D eigenvalue weighted by molar-refractivity contribution is 6.00. The van der Waals surface area contributed by atoms with Crippen LogP contribution in [0.3, 0.4) is 0 Å². The van der Waals surface area contributed by atoms with Crippen LogP contribution in [-0.2, 0) is 0 Å². The number of carboxylic acid groups (broad SMARTS) is 1. The fourth-order valence-corrected chi connectivity index (χ4v) is 2.07. The predicted octanol–water partition coefficient (Wildman–Crippen LogP) is 1.38. The van der Waals surface area contributed by atoms with Crippen LogP contribution in [0.5, 0.6) is 5.75 Å². The number of aliphatic hydroxyl groups excluding tert-OH is 1. The molecule has 1 aromatic rings. The number of aliphatic hydroxyl groups is 1. The van der Waals surface area contributed by atoms with Crippen molar-refractivity contribution in [1.82, 2.24) is 4.90 Å². The van der Waals surface area contributed by atoms with Crippen LogP contribution in [-0.4, -0.2) is 53.4 Å². The highest BCUT2D eigenvalue weighted by Gasteiger charge is 2.32. The average molecular weight is 294 g/mol. The van der Waals surface area contributed by atoms with Crippen molar-refractivity contribution in [3.8, 4) is 5.75 Å². The maximum Gasteiger partial charge on any atom is 0.337 e. The van der Waals surface area contributed by atoms with Crippen molar-refractivity contribution in [2.75, 3.05) is 25.6 Å². The van der Waals surface area contributed by atoms with Crippen LogP contribution in [0.1, 0.15) is 23.2 Å². The monoisotopic (exact) mass is 294 g/mol. The Bertz CT molecular complexity index is 542. The lowest BCUT2D eigenvalue weighted by atomic mass is 10.1. The van der Waals surface area contributed by atoms with Gasteiger partial charge in [-0.1, -0.05) is 0 Å². The number of amides is 2. The summed E-state index contributed by atoms with van der Waals surface area (Å²) in [5.41, 5.74) is 0.166. The molecule has 0 heterocycles. The third kappa shape index (κ3) is 3.63. The van der Waals surface area contributed by atoms with E-state index in [2.05, 4.69) is 5.32 Å². The molecule has 1 aromatic carbocycles. The number of anilines is 1. The predicted molar refractivity (Wildman–Crippen MR) is 75.8 cm³/mol. The largest absolute Gasteiger partial charge is 0.497 e. The maximum atomic E-state index is 12.2. The van der Waals surface area contributed by atoms with E-state index in [9.17, 15) is 9.59 Å². The Hall–Kier alpha value is -2.28. The minimum absolute atomic E-state index is 0.0103. The van der Waals surface area contributed by atoms with Gasteiger partial charge in [-0.25, -0.2) is 9.59 Å². The van der Waals surface area contributed by atoms with Gasteiger partial charge >= 0.3 is 12.0 Å². The molecule has 1 aliphatic carbocycles. The smallest absolute Gasteiger partial charge is 0.337 e. The van der Waals surface area contributed by atoms with E-state index in [1.54, 1.807) is 0 Å². The van der Waals surface area contributed by atoms with Gasteiger partial charge in [0.1, 0.15) is 5.75 Å². The van der Waals surface area contributed by atoms with Crippen molar-refractivity contribution in [3.05, 3.63) is 23.8 Å². The summed E-state index contributed by atoms with van der Waals surface area (Å²) in [5.74, 6) is -0.677. The van der Waals surface area contributed by atoms with E-state index < -0.39 is 12.0 Å². The van der Waals surface area contributed by atoms with E-state index in [1.807, 2.05) is 0 Å². The van der Waals surface area contributed by atoms with E-state index >= 15 is 0 Å². The summed E-state index contributed by atoms with van der Waals surface area (Å²) in [6, 6.07) is 4.07. The third-order valence-corrected chi connectivity index (χ3v) is 3.29. The molecule has 1 fully saturated rings. The minimum Gasteiger partial charge on any atom is -0.497 e. The number of benzene rings is 1. The molecular formula is C14H18N2O5. The zero-order valence-electron chi connectivity index (χ0n) is 11.7. The Morgan fingerprint density at radius 2 is 2.14 bits per heavy atom. The number of rotatable bonds is 6. The van der Waals surface area contributed by atoms with Crippen LogP contribution in [0.4, 0.5) is 10.5 Å². The maximum absolute atomic E-state index is 12.2. The molecule has 0 bridgehead atoms. The molecule has 21 heavy (non-hydrogen) atoms. The molecule has 0 radical (unpaired) electrons. The van der Waals surface area contributed by atoms with Gasteiger partial charge in [-0.2, -0.15) is 0 Å². The number of ether oxygens (including phenoxy) is 1. The number of hydrogen-bond donors (Lipinski definition) is 3. The van der Waals surface area contributed by atoms with Crippen LogP contribution < -0.4 is 10.1 Å². The molecular weight excluding hydrogens is 276 g/mol. The molecule has 2 amide bonds. The minimum atomic E-state index is -1.13. The van der Waals surface area contributed by atoms with Gasteiger partial charge in [0.2, 0.25) is 0 Å². The van der Waals surface area contributed by atoms with E-state index in [4.69, 9.17) is 14.9 Å². The van der Waals surface area contributed by atoms with Gasteiger partial charge in [0, 0.05) is 18.7 Å². The van der Waals surface area contributed by atoms with Gasteiger partial charge < -0.3 is 25.2 Å². The molecule has 0 unspecified atom stereocenters. The lowest BCUT2D eigenvalue weighted by molar-refractivity contribution is 0.0698. The second-order valence-electron chi connectivity index (χ2n) is 4.79. The summed E-state index contributed by atoms with van der Waals surface area (Å²) in [6.45, 7) is 0.0939. The van der Waals surface area contributed by atoms with Crippen LogP contribution in [0.25, 0.3) is 0 Å². The topological polar surface area (TPSA) is 99.1 Å². The number of urea groups is 1. The van der Waals surface area contributed by atoms with Crippen molar-refractivity contribution in [2.24, 2.45) is 0 Å². The van der Waals surface area contributed by atoms with E-state index in [0.29, 0.717) is 5.75 Å². The molecule has 0 aliphatic heterocycles. The Balaban J connectivity index is 2.20. The lowest BCUT2D eigenvalue weighted by Gasteiger charge is -2.22. The van der Waals surface area contributed by atoms with Crippen molar-refractivity contribution in [2.45, 2.75) is 18.9 Å². The molecule has 3 N–H and O–H groups in total. The van der Waals surface area contributed by atoms with Crippen molar-refractivity contribution >= 4 is 17.7 Å². The molecule has 2 rings (SSSR count). The fourth-order valence-electron chi connectivity index (χ4n) is 2.07. The van der Waals surface area contributed by atoms with Gasteiger partial charge in [0.05, 0.1) is 25.0 Å². The highest BCUT2D eigenvalue weighted by atomic mass is 16.5. The number of carbonyl (C=O) groups excluding carboxylic acids is 1. The van der Waals surface area contributed by atoms with Crippen molar-refractivity contribution < 1.29 is 24.5 Å². The first kappa shape index (κ1) is 15.1. The second-order valence-corrected chi connectivity index (χ2v) is 4.79. The summed E-state index contributed by atoms with van der Waals surface area (Å²) >= 11 is 0. The molecule has 0 saturated heterocycles. The summed E-state index contributed by atoms with van der Waals surface area (Å²) in [4.78, 5) is 24.9.